The first-order valence-electron chi connectivity index (χ1n) is 4.94. The smallest absolute Gasteiger partial charge is 0.336 e. The van der Waals surface area contributed by atoms with Gasteiger partial charge in [-0.05, 0) is 18.2 Å². The Morgan fingerprint density at radius 1 is 1.53 bits per heavy atom. The van der Waals surface area contributed by atoms with E-state index in [-0.39, 0.29) is 16.8 Å². The second-order valence-electron chi connectivity index (χ2n) is 3.51. The Hall–Kier alpha value is -1.01. The summed E-state index contributed by atoms with van der Waals surface area (Å²) in [6.07, 6.45) is 0.620. The number of esters is 1. The maximum absolute atomic E-state index is 11.3. The number of carbonyl (C=O) groups excluding carboxylic acids is 1. The van der Waals surface area contributed by atoms with E-state index in [2.05, 4.69) is 15.9 Å². The normalized spacial score (nSPS) is 19.1. The minimum Gasteiger partial charge on any atom is -0.478 e. The van der Waals surface area contributed by atoms with E-state index in [0.717, 1.165) is 4.47 Å². The SMILES string of the molecule is O=C(O)c1ccc(Br)cc1SC1CCOC1=O. The first kappa shape index (κ1) is 12.4. The molecule has 1 unspecified atom stereocenters. The van der Waals surface area contributed by atoms with E-state index in [1.807, 2.05) is 0 Å². The van der Waals surface area contributed by atoms with Crippen LogP contribution in [0.4, 0.5) is 0 Å². The Morgan fingerprint density at radius 2 is 2.29 bits per heavy atom. The predicted molar refractivity (Wildman–Crippen MR) is 66.3 cm³/mol. The van der Waals surface area contributed by atoms with Crippen molar-refractivity contribution < 1.29 is 19.4 Å². The minimum absolute atomic E-state index is 0.206. The van der Waals surface area contributed by atoms with Crippen molar-refractivity contribution in [2.45, 2.75) is 16.6 Å². The molecule has 90 valence electrons. The summed E-state index contributed by atoms with van der Waals surface area (Å²) in [5, 5.41) is 8.75. The summed E-state index contributed by atoms with van der Waals surface area (Å²) in [5.74, 6) is -1.27. The number of benzene rings is 1. The quantitative estimate of drug-likeness (QED) is 0.868. The van der Waals surface area contributed by atoms with Gasteiger partial charge in [0.25, 0.3) is 0 Å². The van der Waals surface area contributed by atoms with E-state index in [1.165, 1.54) is 17.8 Å². The first-order chi connectivity index (χ1) is 8.08. The highest BCUT2D eigenvalue weighted by Crippen LogP contribution is 2.33. The summed E-state index contributed by atoms with van der Waals surface area (Å²) < 4.78 is 5.64. The highest BCUT2D eigenvalue weighted by molar-refractivity contribution is 9.10. The van der Waals surface area contributed by atoms with E-state index >= 15 is 0 Å². The fourth-order valence-electron chi connectivity index (χ4n) is 1.51. The first-order valence-corrected chi connectivity index (χ1v) is 6.61. The van der Waals surface area contributed by atoms with Crippen molar-refractivity contribution in [1.82, 2.24) is 0 Å². The Bertz CT molecular complexity index is 475. The summed E-state index contributed by atoms with van der Waals surface area (Å²) in [5.41, 5.74) is 0.206. The van der Waals surface area contributed by atoms with Crippen LogP contribution in [0.1, 0.15) is 16.8 Å². The van der Waals surface area contributed by atoms with E-state index in [0.29, 0.717) is 17.9 Å². The van der Waals surface area contributed by atoms with Gasteiger partial charge in [0.15, 0.2) is 0 Å². The van der Waals surface area contributed by atoms with E-state index in [1.54, 1.807) is 12.1 Å². The van der Waals surface area contributed by atoms with E-state index in [9.17, 15) is 9.59 Å². The molecule has 1 heterocycles. The predicted octanol–water partition coefficient (Wildman–Crippen LogP) is 2.55. The average molecular weight is 317 g/mol. The van der Waals surface area contributed by atoms with Crippen molar-refractivity contribution in [3.8, 4) is 0 Å². The molecule has 1 aromatic rings. The fourth-order valence-corrected chi connectivity index (χ4v) is 3.18. The van der Waals surface area contributed by atoms with Crippen molar-refractivity contribution in [3.05, 3.63) is 28.2 Å². The Morgan fingerprint density at radius 3 is 2.88 bits per heavy atom. The van der Waals surface area contributed by atoms with Gasteiger partial charge in [0.1, 0.15) is 5.25 Å². The molecule has 1 saturated heterocycles. The van der Waals surface area contributed by atoms with Gasteiger partial charge in [0.05, 0.1) is 12.2 Å². The van der Waals surface area contributed by atoms with Gasteiger partial charge in [0, 0.05) is 15.8 Å². The summed E-state index contributed by atoms with van der Waals surface area (Å²) in [6.45, 7) is 0.410. The van der Waals surface area contributed by atoms with Crippen LogP contribution >= 0.6 is 27.7 Å². The molecule has 2 rings (SSSR count). The largest absolute Gasteiger partial charge is 0.478 e. The van der Waals surface area contributed by atoms with Crippen molar-refractivity contribution >= 4 is 39.6 Å². The maximum Gasteiger partial charge on any atom is 0.336 e. The standard InChI is InChI=1S/C11H9BrO4S/c12-6-1-2-7(10(13)14)9(5-6)17-8-3-4-16-11(8)15/h1-2,5,8H,3-4H2,(H,13,14). The summed E-state index contributed by atoms with van der Waals surface area (Å²) in [6, 6.07) is 4.90. The highest BCUT2D eigenvalue weighted by atomic mass is 79.9. The highest BCUT2D eigenvalue weighted by Gasteiger charge is 2.28. The molecule has 17 heavy (non-hydrogen) atoms. The lowest BCUT2D eigenvalue weighted by atomic mass is 10.2. The topological polar surface area (TPSA) is 63.6 Å². The van der Waals surface area contributed by atoms with E-state index in [4.69, 9.17) is 9.84 Å². The van der Waals surface area contributed by atoms with Gasteiger partial charge in [-0.2, -0.15) is 0 Å². The van der Waals surface area contributed by atoms with Gasteiger partial charge < -0.3 is 9.84 Å². The molecule has 1 aromatic carbocycles. The molecule has 1 aliphatic heterocycles. The molecule has 0 radical (unpaired) electrons. The second-order valence-corrected chi connectivity index (χ2v) is 5.67. The van der Waals surface area contributed by atoms with Gasteiger partial charge in [-0.1, -0.05) is 15.9 Å². The van der Waals surface area contributed by atoms with Crippen LogP contribution in [0.15, 0.2) is 27.6 Å². The number of carboxylic acids is 1. The Balaban J connectivity index is 2.27. The monoisotopic (exact) mass is 316 g/mol. The zero-order valence-corrected chi connectivity index (χ0v) is 11.1. The van der Waals surface area contributed by atoms with Crippen molar-refractivity contribution in [3.63, 3.8) is 0 Å². The number of carboxylic acid groups (broad SMARTS) is 1. The molecule has 0 spiro atoms. The van der Waals surface area contributed by atoms with Crippen molar-refractivity contribution in [2.24, 2.45) is 0 Å². The number of rotatable bonds is 3. The third-order valence-electron chi connectivity index (χ3n) is 2.33. The number of cyclic esters (lactones) is 1. The van der Waals surface area contributed by atoms with Crippen LogP contribution in [0, 0.1) is 0 Å². The zero-order chi connectivity index (χ0) is 12.4. The van der Waals surface area contributed by atoms with Crippen LogP contribution in [0.25, 0.3) is 0 Å². The number of thioether (sulfide) groups is 1. The average Bonchev–Trinajstić information content (AvgIpc) is 2.64. The number of carbonyl (C=O) groups is 2. The van der Waals surface area contributed by atoms with Crippen LogP contribution in [0.5, 0.6) is 0 Å². The van der Waals surface area contributed by atoms with Gasteiger partial charge >= 0.3 is 11.9 Å². The lowest BCUT2D eigenvalue weighted by Crippen LogP contribution is -2.10. The lowest BCUT2D eigenvalue weighted by Gasteiger charge is -2.09. The molecule has 1 aliphatic rings. The zero-order valence-electron chi connectivity index (χ0n) is 8.68. The number of ether oxygens (including phenoxy) is 1. The summed E-state index contributed by atoms with van der Waals surface area (Å²) in [7, 11) is 0. The van der Waals surface area contributed by atoms with Crippen LogP contribution in [-0.4, -0.2) is 28.9 Å². The van der Waals surface area contributed by atoms with Crippen LogP contribution in [0.3, 0.4) is 0 Å². The molecule has 0 amide bonds. The summed E-state index contributed by atoms with van der Waals surface area (Å²) in [4.78, 5) is 23.0. The molecule has 1 fully saturated rings. The maximum atomic E-state index is 11.3. The third kappa shape index (κ3) is 2.81. The summed E-state index contributed by atoms with van der Waals surface area (Å²) >= 11 is 4.53. The number of hydrogen-bond acceptors (Lipinski definition) is 4. The van der Waals surface area contributed by atoms with Crippen molar-refractivity contribution in [2.75, 3.05) is 6.61 Å². The molecule has 0 saturated carbocycles. The molecule has 6 heteroatoms. The van der Waals surface area contributed by atoms with Crippen molar-refractivity contribution in [1.29, 1.82) is 0 Å². The molecule has 0 aromatic heterocycles. The fraction of sp³-hybridized carbons (Fsp3) is 0.273. The van der Waals surface area contributed by atoms with Gasteiger partial charge in [-0.25, -0.2) is 4.79 Å². The molecule has 1 N–H and O–H groups in total. The van der Waals surface area contributed by atoms with Gasteiger partial charge in [-0.15, -0.1) is 11.8 Å². The van der Waals surface area contributed by atoms with Gasteiger partial charge in [-0.3, -0.25) is 4.79 Å². The Kier molecular flexibility index (Phi) is 3.73. The lowest BCUT2D eigenvalue weighted by molar-refractivity contribution is -0.137. The molecule has 0 aliphatic carbocycles. The number of aromatic carboxylic acids is 1. The second kappa shape index (κ2) is 5.10. The molecular weight excluding hydrogens is 308 g/mol. The van der Waals surface area contributed by atoms with Gasteiger partial charge in [0.2, 0.25) is 0 Å². The van der Waals surface area contributed by atoms with Crippen LogP contribution < -0.4 is 0 Å². The number of hydrogen-bond donors (Lipinski definition) is 1. The third-order valence-corrected chi connectivity index (χ3v) is 4.13. The molecule has 4 nitrogen and oxygen atoms in total. The van der Waals surface area contributed by atoms with Crippen LogP contribution in [0.2, 0.25) is 0 Å². The Labute approximate surface area is 110 Å². The van der Waals surface area contributed by atoms with E-state index < -0.39 is 5.97 Å². The molecule has 1 atom stereocenters. The molecule has 0 bridgehead atoms. The molecular formula is C11H9BrO4S. The van der Waals surface area contributed by atoms with Crippen LogP contribution in [-0.2, 0) is 9.53 Å². The minimum atomic E-state index is -0.994. The number of halogens is 1.